The zero-order chi connectivity index (χ0) is 19.4. The van der Waals surface area contributed by atoms with Gasteiger partial charge in [-0.3, -0.25) is 0 Å². The zero-order valence-electron chi connectivity index (χ0n) is 18.5. The van der Waals surface area contributed by atoms with Crippen LogP contribution >= 0.6 is 35.7 Å². The number of hydrogen-bond donors (Lipinski definition) is 0. The number of methoxy groups -OCH3 is 1. The third kappa shape index (κ3) is 17.4. The topological polar surface area (TPSA) is 21.7 Å². The van der Waals surface area contributed by atoms with Crippen molar-refractivity contribution in [1.29, 1.82) is 0 Å². The second kappa shape index (κ2) is 22.2. The Bertz CT molecular complexity index is 345. The molecule has 0 fully saturated rings. The summed E-state index contributed by atoms with van der Waals surface area (Å²) in [6.45, 7) is 4.81. The molecule has 28 heavy (non-hydrogen) atoms. The van der Waals surface area contributed by atoms with E-state index in [1.807, 2.05) is 11.8 Å². The van der Waals surface area contributed by atoms with Crippen LogP contribution in [-0.2, 0) is 9.47 Å². The molecule has 0 amide bonds. The lowest BCUT2D eigenvalue weighted by atomic mass is 10.0. The molecule has 1 heterocycles. The van der Waals surface area contributed by atoms with Crippen molar-refractivity contribution in [2.45, 2.75) is 103 Å². The van der Waals surface area contributed by atoms with E-state index in [0.29, 0.717) is 6.61 Å². The largest absolute Gasteiger partial charge is 0.379 e. The molecule has 1 rings (SSSR count). The summed E-state index contributed by atoms with van der Waals surface area (Å²) in [5, 5.41) is 2.14. The maximum absolute atomic E-state index is 5.82. The maximum Gasteiger partial charge on any atom is 0.0979 e. The quantitative estimate of drug-likeness (QED) is 0.120. The zero-order valence-corrected chi connectivity index (χ0v) is 21.7. The molecule has 1 unspecified atom stereocenters. The minimum atomic E-state index is 0. The smallest absolute Gasteiger partial charge is 0.0979 e. The third-order valence-corrected chi connectivity index (χ3v) is 6.12. The minimum absolute atomic E-state index is 0. The van der Waals surface area contributed by atoms with Crippen LogP contribution in [0.1, 0.15) is 96.8 Å². The van der Waals surface area contributed by atoms with Gasteiger partial charge < -0.3 is 14.4 Å². The number of halogens is 1. The molecule has 1 aliphatic heterocycles. The highest BCUT2D eigenvalue weighted by Gasteiger charge is 2.13. The number of unbranched alkanes of at least 4 members (excludes halogenated alkanes) is 13. The van der Waals surface area contributed by atoms with Gasteiger partial charge in [0.2, 0.25) is 0 Å². The summed E-state index contributed by atoms with van der Waals surface area (Å²) in [4.78, 5) is 2.29. The summed E-state index contributed by atoms with van der Waals surface area (Å²) in [5.74, 6) is 1.04. The van der Waals surface area contributed by atoms with Crippen molar-refractivity contribution < 1.29 is 9.47 Å². The lowest BCUT2D eigenvalue weighted by Gasteiger charge is -2.22. The van der Waals surface area contributed by atoms with Gasteiger partial charge >= 0.3 is 0 Å². The average molecular weight is 528 g/mol. The minimum Gasteiger partial charge on any atom is -0.379 e. The molecule has 1 aliphatic rings. The van der Waals surface area contributed by atoms with Gasteiger partial charge in [-0.15, -0.1) is 35.7 Å². The standard InChI is InChI=1S/C23H45NO2S.HI/c1-3-4-5-6-7-8-9-10-11-12-13-14-15-16-18-26-21-23(25-2)20-24-17-19-27-22-24;/h17,19,23H,3-16,18,20-22H2,1-2H3;1H. The summed E-state index contributed by atoms with van der Waals surface area (Å²) in [6.07, 6.45) is 21.9. The average Bonchev–Trinajstić information content (AvgIpc) is 3.19. The van der Waals surface area contributed by atoms with E-state index in [4.69, 9.17) is 9.47 Å². The number of hydrogen-bond acceptors (Lipinski definition) is 4. The number of rotatable bonds is 20. The summed E-state index contributed by atoms with van der Waals surface area (Å²) in [6, 6.07) is 0. The van der Waals surface area contributed by atoms with Crippen LogP contribution in [0.3, 0.4) is 0 Å². The summed E-state index contributed by atoms with van der Waals surface area (Å²) in [7, 11) is 1.79. The SMILES string of the molecule is CCCCCCCCCCCCCCCCOCC(CN1C=CSC1)OC.I. The van der Waals surface area contributed by atoms with Gasteiger partial charge in [0.25, 0.3) is 0 Å². The molecule has 0 aliphatic carbocycles. The van der Waals surface area contributed by atoms with Crippen molar-refractivity contribution in [3.63, 3.8) is 0 Å². The number of ether oxygens (including phenoxy) is 2. The Labute approximate surface area is 196 Å². The van der Waals surface area contributed by atoms with Crippen molar-refractivity contribution in [1.82, 2.24) is 4.90 Å². The normalized spacial score (nSPS) is 14.4. The molecule has 0 spiro atoms. The van der Waals surface area contributed by atoms with Gasteiger partial charge in [0.05, 0.1) is 18.6 Å². The van der Waals surface area contributed by atoms with Crippen molar-refractivity contribution in [2.75, 3.05) is 32.7 Å². The van der Waals surface area contributed by atoms with E-state index in [-0.39, 0.29) is 30.1 Å². The fraction of sp³-hybridized carbons (Fsp3) is 0.913. The molecule has 0 N–H and O–H groups in total. The molecule has 0 saturated carbocycles. The first-order chi connectivity index (χ1) is 13.4. The highest BCUT2D eigenvalue weighted by atomic mass is 127. The van der Waals surface area contributed by atoms with Gasteiger partial charge in [0.1, 0.15) is 0 Å². The molecule has 168 valence electrons. The van der Waals surface area contributed by atoms with Crippen LogP contribution in [0.4, 0.5) is 0 Å². The predicted octanol–water partition coefficient (Wildman–Crippen LogP) is 7.59. The van der Waals surface area contributed by atoms with Crippen molar-refractivity contribution >= 4 is 35.7 Å². The van der Waals surface area contributed by atoms with Gasteiger partial charge in [-0.2, -0.15) is 0 Å². The van der Waals surface area contributed by atoms with E-state index >= 15 is 0 Å². The van der Waals surface area contributed by atoms with E-state index in [1.165, 1.54) is 89.9 Å². The van der Waals surface area contributed by atoms with Crippen LogP contribution in [-0.4, -0.2) is 43.7 Å². The molecular formula is C23H46INO2S. The Hall–Kier alpha value is 0.540. The summed E-state index contributed by atoms with van der Waals surface area (Å²) < 4.78 is 11.3. The first-order valence-electron chi connectivity index (χ1n) is 11.5. The molecule has 1 atom stereocenters. The van der Waals surface area contributed by atoms with E-state index in [9.17, 15) is 0 Å². The van der Waals surface area contributed by atoms with Crippen LogP contribution < -0.4 is 0 Å². The Morgan fingerprint density at radius 3 is 1.86 bits per heavy atom. The Balaban J connectivity index is 0.00000729. The Morgan fingerprint density at radius 2 is 1.39 bits per heavy atom. The summed E-state index contributed by atoms with van der Waals surface area (Å²) >= 11 is 1.83. The van der Waals surface area contributed by atoms with Gasteiger partial charge in [0.15, 0.2) is 0 Å². The number of thioether (sulfide) groups is 1. The lowest BCUT2D eigenvalue weighted by Crippen LogP contribution is -2.32. The predicted molar refractivity (Wildman–Crippen MR) is 136 cm³/mol. The lowest BCUT2D eigenvalue weighted by molar-refractivity contribution is -0.00224. The maximum atomic E-state index is 5.82. The molecule has 0 aromatic carbocycles. The monoisotopic (exact) mass is 527 g/mol. The van der Waals surface area contributed by atoms with Crippen molar-refractivity contribution in [3.8, 4) is 0 Å². The molecule has 5 heteroatoms. The first-order valence-corrected chi connectivity index (χ1v) is 12.5. The molecule has 0 aromatic heterocycles. The van der Waals surface area contributed by atoms with Crippen LogP contribution in [0.2, 0.25) is 0 Å². The summed E-state index contributed by atoms with van der Waals surface area (Å²) in [5.41, 5.74) is 0. The van der Waals surface area contributed by atoms with Crippen molar-refractivity contribution in [2.24, 2.45) is 0 Å². The Morgan fingerprint density at radius 1 is 0.857 bits per heavy atom. The molecular weight excluding hydrogens is 481 g/mol. The van der Waals surface area contributed by atoms with E-state index < -0.39 is 0 Å². The highest BCUT2D eigenvalue weighted by Crippen LogP contribution is 2.16. The van der Waals surface area contributed by atoms with Crippen molar-refractivity contribution in [3.05, 3.63) is 11.6 Å². The second-order valence-corrected chi connectivity index (χ2v) is 8.74. The van der Waals surface area contributed by atoms with Crippen LogP contribution in [0, 0.1) is 0 Å². The molecule has 0 radical (unpaired) electrons. The van der Waals surface area contributed by atoms with Gasteiger partial charge in [-0.25, -0.2) is 0 Å². The van der Waals surface area contributed by atoms with E-state index in [1.54, 1.807) is 7.11 Å². The van der Waals surface area contributed by atoms with Crippen LogP contribution in [0.25, 0.3) is 0 Å². The molecule has 0 saturated heterocycles. The van der Waals surface area contributed by atoms with E-state index in [0.717, 1.165) is 19.0 Å². The molecule has 0 aromatic rings. The third-order valence-electron chi connectivity index (χ3n) is 5.33. The van der Waals surface area contributed by atoms with Crippen LogP contribution in [0.15, 0.2) is 11.6 Å². The second-order valence-electron chi connectivity index (χ2n) is 7.88. The highest BCUT2D eigenvalue weighted by molar-refractivity contribution is 14.0. The first kappa shape index (κ1) is 28.5. The Kier molecular flexibility index (Phi) is 22.7. The number of nitrogens with zero attached hydrogens (tertiary/aromatic N) is 1. The van der Waals surface area contributed by atoms with Crippen LogP contribution in [0.5, 0.6) is 0 Å². The molecule has 0 bridgehead atoms. The van der Waals surface area contributed by atoms with E-state index in [2.05, 4.69) is 23.4 Å². The van der Waals surface area contributed by atoms with Gasteiger partial charge in [0, 0.05) is 26.5 Å². The fourth-order valence-electron chi connectivity index (χ4n) is 3.49. The molecule has 3 nitrogen and oxygen atoms in total. The van der Waals surface area contributed by atoms with Gasteiger partial charge in [-0.1, -0.05) is 90.4 Å². The fourth-order valence-corrected chi connectivity index (χ4v) is 4.22. The van der Waals surface area contributed by atoms with Gasteiger partial charge in [-0.05, 0) is 11.8 Å².